The second-order valence-electron chi connectivity index (χ2n) is 5.33. The third-order valence-electron chi connectivity index (χ3n) is 3.58. The van der Waals surface area contributed by atoms with E-state index in [0.29, 0.717) is 27.7 Å². The molecule has 0 saturated carbocycles. The van der Waals surface area contributed by atoms with Crippen molar-refractivity contribution in [2.45, 2.75) is 13.8 Å². The number of aromatic nitrogens is 3. The lowest BCUT2D eigenvalue weighted by Crippen LogP contribution is -2.14. The summed E-state index contributed by atoms with van der Waals surface area (Å²) in [6.07, 6.45) is 0. The number of amides is 1. The van der Waals surface area contributed by atoms with Gasteiger partial charge >= 0.3 is 0 Å². The van der Waals surface area contributed by atoms with Crippen LogP contribution in [0.4, 0.5) is 10.1 Å². The highest BCUT2D eigenvalue weighted by molar-refractivity contribution is 6.30. The first-order valence-electron chi connectivity index (χ1n) is 7.21. The maximum absolute atomic E-state index is 13.3. The zero-order valence-electron chi connectivity index (χ0n) is 13.0. The number of nitrogens with one attached hydrogen (secondary N) is 1. The van der Waals surface area contributed by atoms with Crippen LogP contribution in [0.5, 0.6) is 0 Å². The van der Waals surface area contributed by atoms with Gasteiger partial charge in [0, 0.05) is 10.7 Å². The molecule has 0 bridgehead atoms. The molecule has 7 heteroatoms. The van der Waals surface area contributed by atoms with Crippen molar-refractivity contribution >= 4 is 23.2 Å². The van der Waals surface area contributed by atoms with Crippen molar-refractivity contribution in [3.8, 4) is 5.69 Å². The topological polar surface area (TPSA) is 59.8 Å². The molecule has 0 spiro atoms. The standard InChI is InChI=1S/C17H14ClFN4O/c1-10-8-13(19)6-7-15(10)23-11(2)16(21-22-23)17(24)20-14-5-3-4-12(18)9-14/h3-9H,1-2H3,(H,20,24). The molecule has 1 N–H and O–H groups in total. The Morgan fingerprint density at radius 2 is 2.00 bits per heavy atom. The number of halogens is 2. The molecule has 122 valence electrons. The minimum Gasteiger partial charge on any atom is -0.320 e. The minimum atomic E-state index is -0.388. The fourth-order valence-corrected chi connectivity index (χ4v) is 2.57. The van der Waals surface area contributed by atoms with Crippen molar-refractivity contribution in [1.29, 1.82) is 0 Å². The van der Waals surface area contributed by atoms with Crippen LogP contribution in [0.1, 0.15) is 21.7 Å². The largest absolute Gasteiger partial charge is 0.320 e. The van der Waals surface area contributed by atoms with Gasteiger partial charge in [0.05, 0.1) is 11.4 Å². The fourth-order valence-electron chi connectivity index (χ4n) is 2.38. The number of hydrogen-bond donors (Lipinski definition) is 1. The molecule has 2 aromatic carbocycles. The van der Waals surface area contributed by atoms with Crippen molar-refractivity contribution < 1.29 is 9.18 Å². The molecular weight excluding hydrogens is 331 g/mol. The van der Waals surface area contributed by atoms with Crippen LogP contribution >= 0.6 is 11.6 Å². The van der Waals surface area contributed by atoms with E-state index in [-0.39, 0.29) is 17.4 Å². The number of benzene rings is 2. The van der Waals surface area contributed by atoms with Gasteiger partial charge in [-0.05, 0) is 55.8 Å². The molecule has 5 nitrogen and oxygen atoms in total. The Hall–Kier alpha value is -2.73. The zero-order chi connectivity index (χ0) is 17.3. The van der Waals surface area contributed by atoms with E-state index >= 15 is 0 Å². The van der Waals surface area contributed by atoms with Crippen LogP contribution < -0.4 is 5.32 Å². The van der Waals surface area contributed by atoms with Crippen molar-refractivity contribution in [2.75, 3.05) is 5.32 Å². The summed E-state index contributed by atoms with van der Waals surface area (Å²) in [6, 6.07) is 11.2. The summed E-state index contributed by atoms with van der Waals surface area (Å²) in [5.41, 5.74) is 2.69. The molecule has 1 aromatic heterocycles. The summed E-state index contributed by atoms with van der Waals surface area (Å²) in [4.78, 5) is 12.4. The summed E-state index contributed by atoms with van der Waals surface area (Å²) in [7, 11) is 0. The molecule has 0 fully saturated rings. The maximum Gasteiger partial charge on any atom is 0.278 e. The van der Waals surface area contributed by atoms with Gasteiger partial charge in [-0.3, -0.25) is 4.79 Å². The number of nitrogens with zero attached hydrogens (tertiary/aromatic N) is 3. The second-order valence-corrected chi connectivity index (χ2v) is 5.77. The third kappa shape index (κ3) is 3.14. The Balaban J connectivity index is 1.90. The van der Waals surface area contributed by atoms with E-state index in [2.05, 4.69) is 15.6 Å². The lowest BCUT2D eigenvalue weighted by atomic mass is 10.2. The van der Waals surface area contributed by atoms with Gasteiger partial charge in [0.2, 0.25) is 0 Å². The Morgan fingerprint density at radius 3 is 2.71 bits per heavy atom. The van der Waals surface area contributed by atoms with E-state index in [0.717, 1.165) is 0 Å². The van der Waals surface area contributed by atoms with Gasteiger partial charge in [-0.25, -0.2) is 9.07 Å². The highest BCUT2D eigenvalue weighted by atomic mass is 35.5. The van der Waals surface area contributed by atoms with E-state index < -0.39 is 0 Å². The molecular formula is C17H14ClFN4O. The number of anilines is 1. The molecule has 0 saturated heterocycles. The Morgan fingerprint density at radius 1 is 1.21 bits per heavy atom. The number of hydrogen-bond acceptors (Lipinski definition) is 3. The normalized spacial score (nSPS) is 10.7. The number of rotatable bonds is 3. The lowest BCUT2D eigenvalue weighted by molar-refractivity contribution is 0.102. The highest BCUT2D eigenvalue weighted by Gasteiger charge is 2.18. The summed E-state index contributed by atoms with van der Waals surface area (Å²) in [6.45, 7) is 3.50. The summed E-state index contributed by atoms with van der Waals surface area (Å²) < 4.78 is 14.8. The Labute approximate surface area is 143 Å². The molecule has 0 aliphatic carbocycles. The van der Waals surface area contributed by atoms with E-state index in [1.807, 2.05) is 0 Å². The molecule has 3 rings (SSSR count). The second kappa shape index (κ2) is 6.41. The minimum absolute atomic E-state index is 0.193. The van der Waals surface area contributed by atoms with Crippen LogP contribution in [-0.4, -0.2) is 20.9 Å². The lowest BCUT2D eigenvalue weighted by Gasteiger charge is -2.08. The molecule has 0 aliphatic rings. The molecule has 0 atom stereocenters. The molecule has 1 heterocycles. The van der Waals surface area contributed by atoms with Gasteiger partial charge in [-0.15, -0.1) is 5.10 Å². The smallest absolute Gasteiger partial charge is 0.278 e. The van der Waals surface area contributed by atoms with E-state index in [4.69, 9.17) is 11.6 Å². The van der Waals surface area contributed by atoms with Crippen LogP contribution in [0, 0.1) is 19.7 Å². The van der Waals surface area contributed by atoms with Crippen molar-refractivity contribution in [3.05, 3.63) is 70.3 Å². The number of carbonyl (C=O) groups excluding carboxylic acids is 1. The van der Waals surface area contributed by atoms with Crippen molar-refractivity contribution in [3.63, 3.8) is 0 Å². The maximum atomic E-state index is 13.3. The first-order valence-corrected chi connectivity index (χ1v) is 7.59. The molecule has 1 amide bonds. The first-order chi connectivity index (χ1) is 11.5. The van der Waals surface area contributed by atoms with Crippen LogP contribution in [0.2, 0.25) is 5.02 Å². The first kappa shape index (κ1) is 16.1. The average molecular weight is 345 g/mol. The summed E-state index contributed by atoms with van der Waals surface area (Å²) in [5, 5.41) is 11.2. The van der Waals surface area contributed by atoms with Crippen LogP contribution in [-0.2, 0) is 0 Å². The van der Waals surface area contributed by atoms with Gasteiger partial charge < -0.3 is 5.32 Å². The van der Waals surface area contributed by atoms with Gasteiger partial charge in [0.25, 0.3) is 5.91 Å². The molecule has 0 radical (unpaired) electrons. The van der Waals surface area contributed by atoms with Gasteiger partial charge in [0.1, 0.15) is 5.82 Å². The van der Waals surface area contributed by atoms with Gasteiger partial charge in [0.15, 0.2) is 5.69 Å². The Kier molecular flexibility index (Phi) is 4.31. The summed E-state index contributed by atoms with van der Waals surface area (Å²) >= 11 is 5.91. The van der Waals surface area contributed by atoms with Gasteiger partial charge in [-0.2, -0.15) is 0 Å². The van der Waals surface area contributed by atoms with E-state index in [1.165, 1.54) is 16.8 Å². The van der Waals surface area contributed by atoms with Crippen LogP contribution in [0.3, 0.4) is 0 Å². The quantitative estimate of drug-likeness (QED) is 0.783. The molecule has 24 heavy (non-hydrogen) atoms. The van der Waals surface area contributed by atoms with Gasteiger partial charge in [-0.1, -0.05) is 22.9 Å². The van der Waals surface area contributed by atoms with Crippen molar-refractivity contribution in [1.82, 2.24) is 15.0 Å². The predicted molar refractivity (Wildman–Crippen MR) is 90.2 cm³/mol. The van der Waals surface area contributed by atoms with E-state index in [9.17, 15) is 9.18 Å². The highest BCUT2D eigenvalue weighted by Crippen LogP contribution is 2.19. The number of aryl methyl sites for hydroxylation is 1. The molecule has 0 unspecified atom stereocenters. The zero-order valence-corrected chi connectivity index (χ0v) is 13.8. The Bertz CT molecular complexity index is 923. The fraction of sp³-hybridized carbons (Fsp3) is 0.118. The van der Waals surface area contributed by atoms with Crippen molar-refractivity contribution in [2.24, 2.45) is 0 Å². The third-order valence-corrected chi connectivity index (χ3v) is 3.81. The number of carbonyl (C=O) groups is 1. The van der Waals surface area contributed by atoms with E-state index in [1.54, 1.807) is 44.2 Å². The molecule has 3 aromatic rings. The van der Waals surface area contributed by atoms with Crippen LogP contribution in [0.25, 0.3) is 5.69 Å². The average Bonchev–Trinajstić information content (AvgIpc) is 2.89. The van der Waals surface area contributed by atoms with Crippen LogP contribution in [0.15, 0.2) is 42.5 Å². The summed E-state index contributed by atoms with van der Waals surface area (Å²) in [5.74, 6) is -0.714. The monoisotopic (exact) mass is 344 g/mol. The predicted octanol–water partition coefficient (Wildman–Crippen LogP) is 3.93. The molecule has 0 aliphatic heterocycles. The SMILES string of the molecule is Cc1cc(F)ccc1-n1nnc(C(=O)Nc2cccc(Cl)c2)c1C.